The molecule has 17 rings (SSSR count). The Bertz CT molecular complexity index is 4970. The summed E-state index contributed by atoms with van der Waals surface area (Å²) in [5.74, 6) is 0. The molecule has 0 fully saturated rings. The van der Waals surface area contributed by atoms with E-state index in [1.807, 2.05) is 0 Å². The highest BCUT2D eigenvalue weighted by Gasteiger charge is 2.45. The van der Waals surface area contributed by atoms with Crippen molar-refractivity contribution < 1.29 is 0 Å². The van der Waals surface area contributed by atoms with E-state index in [2.05, 4.69) is 328 Å². The average Bonchev–Trinajstić information content (AvgIpc) is 3.67. The van der Waals surface area contributed by atoms with Gasteiger partial charge in [0.05, 0.1) is 33.4 Å². The zero-order valence-electron chi connectivity index (χ0n) is 45.3. The summed E-state index contributed by atoms with van der Waals surface area (Å²) in [5.41, 5.74) is 26.8. The number of para-hydroxylation sites is 3. The van der Waals surface area contributed by atoms with Crippen LogP contribution in [0.15, 0.2) is 309 Å². The number of fused-ring (bicyclic) bond motifs is 11. The van der Waals surface area contributed by atoms with Crippen LogP contribution in [-0.2, 0) is 0 Å². The van der Waals surface area contributed by atoms with Gasteiger partial charge in [0.1, 0.15) is 0 Å². The first-order valence-corrected chi connectivity index (χ1v) is 28.7. The number of anilines is 6. The Balaban J connectivity index is 1.02. The van der Waals surface area contributed by atoms with Crippen molar-refractivity contribution in [3.8, 4) is 55.9 Å². The summed E-state index contributed by atoms with van der Waals surface area (Å²) in [4.78, 5) is 5.20. The van der Waals surface area contributed by atoms with Gasteiger partial charge in [0, 0.05) is 55.7 Å². The Hall–Kier alpha value is -10.9. The molecule has 386 valence electrons. The largest absolute Gasteiger partial charge is 0.311 e. The first-order chi connectivity index (χ1) is 41.2. The van der Waals surface area contributed by atoms with E-state index in [9.17, 15) is 0 Å². The molecule has 15 aromatic rings. The Morgan fingerprint density at radius 2 is 0.651 bits per heavy atom. The highest BCUT2D eigenvalue weighted by Crippen LogP contribution is 2.51. The summed E-state index contributed by atoms with van der Waals surface area (Å²) in [6.07, 6.45) is 0. The van der Waals surface area contributed by atoms with Crippen molar-refractivity contribution in [2.45, 2.75) is 0 Å². The van der Waals surface area contributed by atoms with Gasteiger partial charge < -0.3 is 18.9 Å². The molecule has 0 saturated heterocycles. The molecule has 5 heteroatoms. The summed E-state index contributed by atoms with van der Waals surface area (Å²) in [6.45, 7) is -0.150. The van der Waals surface area contributed by atoms with Crippen LogP contribution >= 0.6 is 0 Å². The second kappa shape index (κ2) is 18.9. The number of aromatic nitrogens is 2. The topological polar surface area (TPSA) is 16.3 Å². The van der Waals surface area contributed by atoms with Gasteiger partial charge in [-0.1, -0.05) is 231 Å². The minimum absolute atomic E-state index is 0.150. The van der Waals surface area contributed by atoms with E-state index in [4.69, 9.17) is 0 Å². The smallest absolute Gasteiger partial charge is 0.252 e. The van der Waals surface area contributed by atoms with Crippen LogP contribution in [0.5, 0.6) is 0 Å². The molecule has 2 aliphatic rings. The van der Waals surface area contributed by atoms with E-state index in [0.29, 0.717) is 0 Å². The van der Waals surface area contributed by atoms with Crippen molar-refractivity contribution in [3.63, 3.8) is 0 Å². The summed E-state index contributed by atoms with van der Waals surface area (Å²) in [5, 5.41) is 4.86. The van der Waals surface area contributed by atoms with Gasteiger partial charge in [-0.25, -0.2) is 0 Å². The van der Waals surface area contributed by atoms with Crippen LogP contribution in [0.4, 0.5) is 34.1 Å². The second-order valence-electron chi connectivity index (χ2n) is 22.0. The number of rotatable bonds is 8. The lowest BCUT2D eigenvalue weighted by atomic mass is 9.33. The third-order valence-electron chi connectivity index (χ3n) is 17.5. The zero-order valence-corrected chi connectivity index (χ0v) is 45.3. The maximum Gasteiger partial charge on any atom is 0.252 e. The summed E-state index contributed by atoms with van der Waals surface area (Å²) in [7, 11) is 0. The summed E-state index contributed by atoms with van der Waals surface area (Å²) < 4.78 is 5.00. The number of hydrogen-bond donors (Lipinski definition) is 0. The van der Waals surface area contributed by atoms with Crippen molar-refractivity contribution in [1.29, 1.82) is 0 Å². The molecule has 0 saturated carbocycles. The fourth-order valence-corrected chi connectivity index (χ4v) is 13.8. The molecular weight excluding hydrogens is 1000 g/mol. The molecule has 0 N–H and O–H groups in total. The molecule has 0 spiro atoms. The molecule has 0 radical (unpaired) electrons. The highest BCUT2D eigenvalue weighted by molar-refractivity contribution is 7.00. The van der Waals surface area contributed by atoms with Gasteiger partial charge in [0.25, 0.3) is 6.71 Å². The van der Waals surface area contributed by atoms with Crippen molar-refractivity contribution in [2.75, 3.05) is 9.80 Å². The Morgan fingerprint density at radius 1 is 0.229 bits per heavy atom. The molecule has 13 aromatic carbocycles. The standard InChI is InChI=1S/C78H51BN4/c1-5-21-52(22-6-1)56-39-42-60(43-40-56)80-73-49-59(55-27-11-4-12-28-55)41-44-67(73)79-68-45-46-72-76(66-35-15-18-38-71(66)81(72)61-31-19-29-57(47-61)53-23-7-2-8-24-53)78(68)83(62-32-20-30-58(48-62)54-25-9-3-10-26-54)75-51-63(50-74(80)77(75)79)82-69-36-16-13-33-64(69)65-34-14-17-37-70(65)82/h1-51H. The SMILES string of the molecule is c1ccc(-c2ccc(N3c4cc(-c5ccccc5)ccc4B4c5ccc6c(c5N(c5cccc(-c7ccccc7)c5)c5cc(-n7c8ccccc8c8ccccc87)cc3c54)c3ccccc3n6-c3cccc(-c4ccccc4)c3)cc2)cc1. The highest BCUT2D eigenvalue weighted by atomic mass is 15.2. The van der Waals surface area contributed by atoms with Gasteiger partial charge in [0.2, 0.25) is 0 Å². The Morgan fingerprint density at radius 3 is 1.24 bits per heavy atom. The summed E-state index contributed by atoms with van der Waals surface area (Å²) >= 11 is 0. The van der Waals surface area contributed by atoms with E-state index in [-0.39, 0.29) is 6.71 Å². The lowest BCUT2D eigenvalue weighted by molar-refractivity contribution is 1.16. The molecule has 0 atom stereocenters. The third-order valence-corrected chi connectivity index (χ3v) is 17.5. The number of nitrogens with zero attached hydrogens (tertiary/aromatic N) is 4. The lowest BCUT2D eigenvalue weighted by Crippen LogP contribution is -2.61. The number of hydrogen-bond acceptors (Lipinski definition) is 2. The molecule has 83 heavy (non-hydrogen) atoms. The van der Waals surface area contributed by atoms with Crippen LogP contribution in [0.1, 0.15) is 0 Å². The average molecular weight is 1060 g/mol. The van der Waals surface area contributed by atoms with E-state index in [0.717, 1.165) is 67.4 Å². The maximum absolute atomic E-state index is 2.63. The van der Waals surface area contributed by atoms with Gasteiger partial charge in [-0.2, -0.15) is 0 Å². The second-order valence-corrected chi connectivity index (χ2v) is 22.0. The van der Waals surface area contributed by atoms with E-state index >= 15 is 0 Å². The predicted molar refractivity (Wildman–Crippen MR) is 351 cm³/mol. The van der Waals surface area contributed by atoms with Crippen molar-refractivity contribution >= 4 is 101 Å². The third kappa shape index (κ3) is 7.41. The molecule has 4 heterocycles. The van der Waals surface area contributed by atoms with E-state index in [1.54, 1.807) is 0 Å². The first kappa shape index (κ1) is 47.0. The van der Waals surface area contributed by atoms with Crippen molar-refractivity contribution in [2.24, 2.45) is 0 Å². The van der Waals surface area contributed by atoms with Crippen LogP contribution in [0.3, 0.4) is 0 Å². The Labute approximate surface area is 482 Å². The quantitative estimate of drug-likeness (QED) is 0.141. The zero-order chi connectivity index (χ0) is 54.5. The lowest BCUT2D eigenvalue weighted by Gasteiger charge is -2.45. The monoisotopic (exact) mass is 1050 g/mol. The molecule has 4 nitrogen and oxygen atoms in total. The number of benzene rings is 13. The summed E-state index contributed by atoms with van der Waals surface area (Å²) in [6, 6.07) is 115. The normalized spacial score (nSPS) is 12.5. The van der Waals surface area contributed by atoms with Crippen LogP contribution in [0.25, 0.3) is 99.5 Å². The van der Waals surface area contributed by atoms with E-state index < -0.39 is 0 Å². The molecule has 0 aliphatic carbocycles. The van der Waals surface area contributed by atoms with Gasteiger partial charge in [-0.15, -0.1) is 0 Å². The molecule has 2 aromatic heterocycles. The minimum Gasteiger partial charge on any atom is -0.311 e. The van der Waals surface area contributed by atoms with Crippen LogP contribution < -0.4 is 26.2 Å². The molecule has 0 amide bonds. The van der Waals surface area contributed by atoms with Gasteiger partial charge in [-0.05, 0) is 140 Å². The van der Waals surface area contributed by atoms with Crippen molar-refractivity contribution in [1.82, 2.24) is 9.13 Å². The molecule has 2 aliphatic heterocycles. The van der Waals surface area contributed by atoms with Gasteiger partial charge in [0.15, 0.2) is 0 Å². The van der Waals surface area contributed by atoms with Crippen LogP contribution in [-0.4, -0.2) is 15.8 Å². The van der Waals surface area contributed by atoms with Crippen molar-refractivity contribution in [3.05, 3.63) is 309 Å². The molecule has 0 bridgehead atoms. The molecule has 0 unspecified atom stereocenters. The van der Waals surface area contributed by atoms with E-state index in [1.165, 1.54) is 82.6 Å². The Kier molecular flexibility index (Phi) is 10.7. The maximum atomic E-state index is 2.63. The fourth-order valence-electron chi connectivity index (χ4n) is 13.8. The first-order valence-electron chi connectivity index (χ1n) is 28.7. The van der Waals surface area contributed by atoms with Gasteiger partial charge in [-0.3, -0.25) is 0 Å². The van der Waals surface area contributed by atoms with Gasteiger partial charge >= 0.3 is 0 Å². The minimum atomic E-state index is -0.150. The molecular formula is C78H51BN4. The van der Waals surface area contributed by atoms with Crippen LogP contribution in [0, 0.1) is 0 Å². The fraction of sp³-hybridized carbons (Fsp3) is 0. The predicted octanol–water partition coefficient (Wildman–Crippen LogP) is 18.6. The van der Waals surface area contributed by atoms with Crippen LogP contribution in [0.2, 0.25) is 0 Å².